The molecule has 0 aromatic heterocycles. The minimum absolute atomic E-state index is 0.460. The lowest BCUT2D eigenvalue weighted by Gasteiger charge is -2.27. The zero-order valence-corrected chi connectivity index (χ0v) is 11.5. The highest BCUT2D eigenvalue weighted by molar-refractivity contribution is 4.79. The highest BCUT2D eigenvalue weighted by atomic mass is 14.7. The summed E-state index contributed by atoms with van der Waals surface area (Å²) >= 11 is 0. The van der Waals surface area contributed by atoms with Gasteiger partial charge in [0.1, 0.15) is 0 Å². The number of hydrogen-bond acceptors (Lipinski definition) is 1. The normalized spacial score (nSPS) is 37.5. The van der Waals surface area contributed by atoms with E-state index in [1.54, 1.807) is 0 Å². The molecule has 1 nitrogen and oxygen atoms in total. The maximum absolute atomic E-state index is 6.41. The van der Waals surface area contributed by atoms with Gasteiger partial charge in [0.25, 0.3) is 0 Å². The third-order valence-electron chi connectivity index (χ3n) is 4.75. The van der Waals surface area contributed by atoms with Crippen LogP contribution < -0.4 is 5.73 Å². The summed E-state index contributed by atoms with van der Waals surface area (Å²) in [7, 11) is 0. The van der Waals surface area contributed by atoms with Crippen molar-refractivity contribution < 1.29 is 0 Å². The largest absolute Gasteiger partial charge is 0.327 e. The van der Waals surface area contributed by atoms with Crippen molar-refractivity contribution in [3.63, 3.8) is 0 Å². The second-order valence-corrected chi connectivity index (χ2v) is 5.78. The highest BCUT2D eigenvalue weighted by Gasteiger charge is 2.24. The van der Waals surface area contributed by atoms with Gasteiger partial charge in [-0.05, 0) is 30.6 Å². The molecule has 0 saturated heterocycles. The van der Waals surface area contributed by atoms with E-state index in [9.17, 15) is 0 Å². The molecule has 4 atom stereocenters. The van der Waals surface area contributed by atoms with Crippen LogP contribution in [0.2, 0.25) is 0 Å². The molecule has 1 fully saturated rings. The molecule has 0 aliphatic heterocycles. The van der Waals surface area contributed by atoms with Crippen molar-refractivity contribution in [1.29, 1.82) is 0 Å². The Balaban J connectivity index is 2.62. The Morgan fingerprint density at radius 2 is 1.44 bits per heavy atom. The van der Waals surface area contributed by atoms with Gasteiger partial charge in [0.05, 0.1) is 0 Å². The van der Waals surface area contributed by atoms with Crippen LogP contribution in [0.1, 0.15) is 72.1 Å². The van der Waals surface area contributed by atoms with Gasteiger partial charge in [0.15, 0.2) is 0 Å². The van der Waals surface area contributed by atoms with Gasteiger partial charge in [0.2, 0.25) is 0 Å². The van der Waals surface area contributed by atoms with Crippen LogP contribution in [0.4, 0.5) is 0 Å². The Morgan fingerprint density at radius 3 is 1.94 bits per heavy atom. The number of rotatable bonds is 3. The minimum Gasteiger partial charge on any atom is -0.327 e. The molecule has 1 aliphatic rings. The molecule has 1 aliphatic carbocycles. The lowest BCUT2D eigenvalue weighted by atomic mass is 9.83. The van der Waals surface area contributed by atoms with Crippen molar-refractivity contribution in [2.75, 3.05) is 0 Å². The fourth-order valence-electron chi connectivity index (χ4n) is 3.32. The lowest BCUT2D eigenvalue weighted by molar-refractivity contribution is 0.284. The van der Waals surface area contributed by atoms with Gasteiger partial charge in [-0.25, -0.2) is 0 Å². The summed E-state index contributed by atoms with van der Waals surface area (Å²) in [6.45, 7) is 6.99. The predicted molar refractivity (Wildman–Crippen MR) is 72.4 cm³/mol. The monoisotopic (exact) mass is 225 g/mol. The maximum atomic E-state index is 6.41. The van der Waals surface area contributed by atoms with Crippen molar-refractivity contribution in [3.8, 4) is 0 Å². The molecule has 0 aromatic carbocycles. The maximum Gasteiger partial charge on any atom is 0.00697 e. The van der Waals surface area contributed by atoms with Crippen molar-refractivity contribution in [1.82, 2.24) is 0 Å². The summed E-state index contributed by atoms with van der Waals surface area (Å²) in [4.78, 5) is 0. The molecular weight excluding hydrogens is 194 g/mol. The quantitative estimate of drug-likeness (QED) is 0.759. The molecule has 0 spiro atoms. The Morgan fingerprint density at radius 1 is 0.875 bits per heavy atom. The van der Waals surface area contributed by atoms with Crippen molar-refractivity contribution in [2.24, 2.45) is 23.5 Å². The summed E-state index contributed by atoms with van der Waals surface area (Å²) in [5.74, 6) is 2.60. The fourth-order valence-corrected chi connectivity index (χ4v) is 3.32. The first-order valence-electron chi connectivity index (χ1n) is 7.46. The molecule has 0 amide bonds. The molecule has 4 unspecified atom stereocenters. The Bertz CT molecular complexity index is 178. The molecule has 0 bridgehead atoms. The van der Waals surface area contributed by atoms with Crippen molar-refractivity contribution >= 4 is 0 Å². The molecule has 0 aromatic rings. The summed E-state index contributed by atoms with van der Waals surface area (Å²) in [5.41, 5.74) is 6.41. The molecule has 1 saturated carbocycles. The van der Waals surface area contributed by atoms with E-state index in [1.165, 1.54) is 51.4 Å². The molecule has 16 heavy (non-hydrogen) atoms. The first kappa shape index (κ1) is 14.0. The zero-order valence-electron chi connectivity index (χ0n) is 11.5. The molecule has 2 N–H and O–H groups in total. The van der Waals surface area contributed by atoms with E-state index < -0.39 is 0 Å². The second kappa shape index (κ2) is 7.32. The van der Waals surface area contributed by atoms with Crippen LogP contribution in [-0.4, -0.2) is 6.04 Å². The molecule has 1 rings (SSSR count). The SMILES string of the molecule is CCC1CCCC(CC)CC(CC)C(N)C1. The second-order valence-electron chi connectivity index (χ2n) is 5.78. The van der Waals surface area contributed by atoms with Crippen LogP contribution in [-0.2, 0) is 0 Å². The van der Waals surface area contributed by atoms with Crippen LogP contribution >= 0.6 is 0 Å². The first-order chi connectivity index (χ1) is 7.71. The van der Waals surface area contributed by atoms with E-state index in [1.807, 2.05) is 0 Å². The topological polar surface area (TPSA) is 26.0 Å². The van der Waals surface area contributed by atoms with Crippen molar-refractivity contribution in [2.45, 2.75) is 78.2 Å². The van der Waals surface area contributed by atoms with Gasteiger partial charge >= 0.3 is 0 Å². The Hall–Kier alpha value is -0.0400. The van der Waals surface area contributed by atoms with Gasteiger partial charge in [-0.1, -0.05) is 59.3 Å². The predicted octanol–water partition coefficient (Wildman–Crippen LogP) is 4.36. The smallest absolute Gasteiger partial charge is 0.00697 e. The summed E-state index contributed by atoms with van der Waals surface area (Å²) < 4.78 is 0. The van der Waals surface area contributed by atoms with Crippen LogP contribution in [0.5, 0.6) is 0 Å². The van der Waals surface area contributed by atoms with Crippen LogP contribution in [0.15, 0.2) is 0 Å². The van der Waals surface area contributed by atoms with E-state index in [2.05, 4.69) is 20.8 Å². The third-order valence-corrected chi connectivity index (χ3v) is 4.75. The third kappa shape index (κ3) is 4.08. The van der Waals surface area contributed by atoms with Crippen LogP contribution in [0.25, 0.3) is 0 Å². The lowest BCUT2D eigenvalue weighted by Crippen LogP contribution is -2.32. The fraction of sp³-hybridized carbons (Fsp3) is 1.00. The van der Waals surface area contributed by atoms with Gasteiger partial charge in [-0.2, -0.15) is 0 Å². The first-order valence-corrected chi connectivity index (χ1v) is 7.46. The summed E-state index contributed by atoms with van der Waals surface area (Å²) in [6.07, 6.45) is 10.9. The minimum atomic E-state index is 0.460. The van der Waals surface area contributed by atoms with E-state index in [-0.39, 0.29) is 0 Å². The molecule has 96 valence electrons. The van der Waals surface area contributed by atoms with Crippen LogP contribution in [0.3, 0.4) is 0 Å². The van der Waals surface area contributed by atoms with Gasteiger partial charge in [-0.15, -0.1) is 0 Å². The van der Waals surface area contributed by atoms with E-state index in [4.69, 9.17) is 5.73 Å². The number of hydrogen-bond donors (Lipinski definition) is 1. The zero-order chi connectivity index (χ0) is 12.0. The highest BCUT2D eigenvalue weighted by Crippen LogP contribution is 2.32. The van der Waals surface area contributed by atoms with Gasteiger partial charge in [0, 0.05) is 6.04 Å². The Labute approximate surface area is 102 Å². The average Bonchev–Trinajstić information content (AvgIpc) is 2.38. The molecule has 0 radical (unpaired) electrons. The standard InChI is InChI=1S/C15H31N/c1-4-12-8-7-9-13(5-2)11-15(16)14(6-3)10-12/h12-15H,4-11,16H2,1-3H3. The number of nitrogens with two attached hydrogens (primary N) is 1. The van der Waals surface area contributed by atoms with Gasteiger partial charge in [-0.3, -0.25) is 0 Å². The summed E-state index contributed by atoms with van der Waals surface area (Å²) in [5, 5.41) is 0. The van der Waals surface area contributed by atoms with Crippen molar-refractivity contribution in [3.05, 3.63) is 0 Å². The average molecular weight is 225 g/mol. The molecule has 1 heteroatoms. The summed E-state index contributed by atoms with van der Waals surface area (Å²) in [6, 6.07) is 0.460. The van der Waals surface area contributed by atoms with E-state index in [0.29, 0.717) is 6.04 Å². The Kier molecular flexibility index (Phi) is 6.41. The van der Waals surface area contributed by atoms with E-state index in [0.717, 1.165) is 17.8 Å². The van der Waals surface area contributed by atoms with Crippen LogP contribution in [0, 0.1) is 17.8 Å². The van der Waals surface area contributed by atoms with E-state index >= 15 is 0 Å². The van der Waals surface area contributed by atoms with Gasteiger partial charge < -0.3 is 5.73 Å². The molecule has 0 heterocycles. The molecular formula is C15H31N.